The maximum Gasteiger partial charge on any atom is 0.350 e. The Morgan fingerprint density at radius 3 is 2.71 bits per heavy atom. The van der Waals surface area contributed by atoms with Crippen LogP contribution in [0.4, 0.5) is 5.82 Å². The zero-order valence-electron chi connectivity index (χ0n) is 14.8. The summed E-state index contributed by atoms with van der Waals surface area (Å²) in [6, 6.07) is 9.82. The molecule has 0 fully saturated rings. The normalized spacial score (nSPS) is 20.2. The number of nitrogens with zero attached hydrogens (tertiary/aromatic N) is 2. The van der Waals surface area contributed by atoms with E-state index in [0.717, 1.165) is 21.9 Å². The van der Waals surface area contributed by atoms with Crippen LogP contribution in [0.15, 0.2) is 58.1 Å². The number of hydrogen-bond donors (Lipinski definition) is 4. The third-order valence-electron chi connectivity index (χ3n) is 4.17. The van der Waals surface area contributed by atoms with E-state index >= 15 is 0 Å². The topological polar surface area (TPSA) is 154 Å². The standard InChI is InChI=1S/C18H20N4O5S/c19-11(8-10-4-2-1-3-5-10)17(25)27-9-12-14(23)15(24)16(28-12)22-7-6-13(20)21-18(22)26/h1-7,11,15-16,23-24H,8-9,19H2,(H2,20,21,26)/t11-,15?,16+/m0/s1. The average molecular weight is 404 g/mol. The maximum atomic E-state index is 12.1. The van der Waals surface area contributed by atoms with Gasteiger partial charge < -0.3 is 26.4 Å². The van der Waals surface area contributed by atoms with Crippen LogP contribution < -0.4 is 17.2 Å². The van der Waals surface area contributed by atoms with Gasteiger partial charge in [-0.15, -0.1) is 0 Å². The molecule has 3 atom stereocenters. The molecular formula is C18H20N4O5S. The van der Waals surface area contributed by atoms with Gasteiger partial charge in [0.25, 0.3) is 0 Å². The van der Waals surface area contributed by atoms with Crippen LogP contribution in [0, 0.1) is 0 Å². The Bertz CT molecular complexity index is 946. The van der Waals surface area contributed by atoms with Crippen LogP contribution in [-0.4, -0.2) is 44.5 Å². The van der Waals surface area contributed by atoms with Crippen molar-refractivity contribution in [3.8, 4) is 0 Å². The number of aliphatic hydroxyl groups excluding tert-OH is 2. The predicted molar refractivity (Wildman–Crippen MR) is 104 cm³/mol. The molecule has 148 valence electrons. The minimum atomic E-state index is -1.35. The van der Waals surface area contributed by atoms with Gasteiger partial charge in [0.1, 0.15) is 35.7 Å². The Labute approximate surface area is 164 Å². The molecule has 1 aromatic carbocycles. The lowest BCUT2D eigenvalue weighted by Crippen LogP contribution is -2.34. The Morgan fingerprint density at radius 1 is 1.32 bits per heavy atom. The molecule has 28 heavy (non-hydrogen) atoms. The van der Waals surface area contributed by atoms with Gasteiger partial charge in [0, 0.05) is 6.20 Å². The van der Waals surface area contributed by atoms with Gasteiger partial charge >= 0.3 is 11.7 Å². The zero-order chi connectivity index (χ0) is 20.3. The second-order valence-corrected chi connectivity index (χ2v) is 7.42. The summed E-state index contributed by atoms with van der Waals surface area (Å²) in [7, 11) is 0. The number of benzene rings is 1. The molecular weight excluding hydrogens is 384 g/mol. The molecule has 2 heterocycles. The van der Waals surface area contributed by atoms with Crippen LogP contribution in [0.25, 0.3) is 0 Å². The SMILES string of the molecule is Nc1ccn([C@@H]2SC(COC(=O)[C@@H](N)Cc3ccccc3)=C(O)C2O)c(=O)n1. The molecule has 2 aromatic rings. The van der Waals surface area contributed by atoms with Crippen molar-refractivity contribution in [1.29, 1.82) is 0 Å². The monoisotopic (exact) mass is 404 g/mol. The van der Waals surface area contributed by atoms with Crippen molar-refractivity contribution in [2.45, 2.75) is 23.9 Å². The molecule has 1 unspecified atom stereocenters. The highest BCUT2D eigenvalue weighted by atomic mass is 32.2. The Morgan fingerprint density at radius 2 is 2.04 bits per heavy atom. The number of thioether (sulfide) groups is 1. The number of hydrogen-bond acceptors (Lipinski definition) is 9. The Hall–Kier alpha value is -2.82. The third-order valence-corrected chi connectivity index (χ3v) is 5.51. The molecule has 3 rings (SSSR count). The summed E-state index contributed by atoms with van der Waals surface area (Å²) in [4.78, 5) is 27.9. The van der Waals surface area contributed by atoms with Crippen LogP contribution in [0.3, 0.4) is 0 Å². The predicted octanol–water partition coefficient (Wildman–Crippen LogP) is 0.315. The number of rotatable bonds is 6. The maximum absolute atomic E-state index is 12.1. The Balaban J connectivity index is 1.61. The first-order valence-corrected chi connectivity index (χ1v) is 9.32. The van der Waals surface area contributed by atoms with E-state index in [9.17, 15) is 19.8 Å². The number of nitrogens with two attached hydrogens (primary N) is 2. The van der Waals surface area contributed by atoms with Crippen molar-refractivity contribution < 1.29 is 19.7 Å². The molecule has 0 radical (unpaired) electrons. The smallest absolute Gasteiger partial charge is 0.350 e. The third kappa shape index (κ3) is 4.35. The molecule has 1 aliphatic heterocycles. The van der Waals surface area contributed by atoms with E-state index in [0.29, 0.717) is 6.42 Å². The van der Waals surface area contributed by atoms with E-state index < -0.39 is 29.2 Å². The first-order chi connectivity index (χ1) is 13.4. The molecule has 10 heteroatoms. The number of ether oxygens (including phenoxy) is 1. The summed E-state index contributed by atoms with van der Waals surface area (Å²) >= 11 is 1.00. The van der Waals surface area contributed by atoms with Crippen molar-refractivity contribution in [3.05, 3.63) is 69.3 Å². The van der Waals surface area contributed by atoms with Gasteiger partial charge in [-0.05, 0) is 18.1 Å². The molecule has 0 saturated carbocycles. The number of nitrogen functional groups attached to an aromatic ring is 1. The van der Waals surface area contributed by atoms with Gasteiger partial charge in [0.15, 0.2) is 0 Å². The molecule has 0 spiro atoms. The van der Waals surface area contributed by atoms with Crippen LogP contribution in [0.2, 0.25) is 0 Å². The summed E-state index contributed by atoms with van der Waals surface area (Å²) < 4.78 is 6.33. The van der Waals surface area contributed by atoms with E-state index in [2.05, 4.69) is 4.98 Å². The molecule has 0 aliphatic carbocycles. The first kappa shape index (κ1) is 19.9. The molecule has 0 amide bonds. The lowest BCUT2D eigenvalue weighted by atomic mass is 10.1. The fourth-order valence-electron chi connectivity index (χ4n) is 2.70. The highest BCUT2D eigenvalue weighted by Crippen LogP contribution is 2.43. The van der Waals surface area contributed by atoms with E-state index in [1.165, 1.54) is 12.3 Å². The van der Waals surface area contributed by atoms with Crippen LogP contribution in [-0.2, 0) is 16.0 Å². The van der Waals surface area contributed by atoms with Crippen molar-refractivity contribution in [2.24, 2.45) is 5.73 Å². The number of carbonyl (C=O) groups is 1. The highest BCUT2D eigenvalue weighted by molar-refractivity contribution is 8.03. The van der Waals surface area contributed by atoms with E-state index in [1.807, 2.05) is 30.3 Å². The summed E-state index contributed by atoms with van der Waals surface area (Å²) in [5.41, 5.74) is 11.6. The molecule has 0 saturated heterocycles. The van der Waals surface area contributed by atoms with Crippen molar-refractivity contribution in [2.75, 3.05) is 12.3 Å². The largest absolute Gasteiger partial charge is 0.508 e. The summed E-state index contributed by atoms with van der Waals surface area (Å²) in [5.74, 6) is -0.936. The fraction of sp³-hybridized carbons (Fsp3) is 0.278. The van der Waals surface area contributed by atoms with Crippen LogP contribution in [0.5, 0.6) is 0 Å². The number of carbonyl (C=O) groups excluding carboxylic acids is 1. The molecule has 9 nitrogen and oxygen atoms in total. The Kier molecular flexibility index (Phi) is 6.02. The lowest BCUT2D eigenvalue weighted by Gasteiger charge is -2.16. The van der Waals surface area contributed by atoms with E-state index in [-0.39, 0.29) is 23.1 Å². The summed E-state index contributed by atoms with van der Waals surface area (Å²) in [5, 5.41) is 19.5. The second kappa shape index (κ2) is 8.46. The van der Waals surface area contributed by atoms with Crippen molar-refractivity contribution in [1.82, 2.24) is 9.55 Å². The number of aliphatic hydroxyl groups is 2. The second-order valence-electron chi connectivity index (χ2n) is 6.21. The number of esters is 1. The highest BCUT2D eigenvalue weighted by Gasteiger charge is 2.37. The van der Waals surface area contributed by atoms with Gasteiger partial charge in [-0.25, -0.2) is 4.79 Å². The summed E-state index contributed by atoms with van der Waals surface area (Å²) in [6.07, 6.45) is 0.346. The van der Waals surface area contributed by atoms with Gasteiger partial charge in [-0.3, -0.25) is 9.36 Å². The summed E-state index contributed by atoms with van der Waals surface area (Å²) in [6.45, 7) is -0.261. The van der Waals surface area contributed by atoms with Crippen molar-refractivity contribution >= 4 is 23.5 Å². The molecule has 0 bridgehead atoms. The number of anilines is 1. The lowest BCUT2D eigenvalue weighted by molar-refractivity contribution is -0.144. The van der Waals surface area contributed by atoms with Gasteiger partial charge in [-0.1, -0.05) is 42.1 Å². The van der Waals surface area contributed by atoms with E-state index in [1.54, 1.807) is 0 Å². The van der Waals surface area contributed by atoms with E-state index in [4.69, 9.17) is 16.2 Å². The average Bonchev–Trinajstić information content (AvgIpc) is 2.95. The minimum absolute atomic E-state index is 0.0532. The molecule has 1 aliphatic rings. The molecule has 1 aromatic heterocycles. The van der Waals surface area contributed by atoms with Crippen LogP contribution >= 0.6 is 11.8 Å². The van der Waals surface area contributed by atoms with Gasteiger partial charge in [0.05, 0.1) is 4.91 Å². The fourth-order valence-corrected chi connectivity index (χ4v) is 3.89. The zero-order valence-corrected chi connectivity index (χ0v) is 15.6. The van der Waals surface area contributed by atoms with Crippen LogP contribution in [0.1, 0.15) is 10.9 Å². The van der Waals surface area contributed by atoms with Crippen molar-refractivity contribution in [3.63, 3.8) is 0 Å². The first-order valence-electron chi connectivity index (χ1n) is 8.44. The quantitative estimate of drug-likeness (QED) is 0.498. The number of aromatic nitrogens is 2. The van der Waals surface area contributed by atoms with Gasteiger partial charge in [-0.2, -0.15) is 4.98 Å². The van der Waals surface area contributed by atoms with Gasteiger partial charge in [0.2, 0.25) is 0 Å². The minimum Gasteiger partial charge on any atom is -0.508 e. The molecule has 6 N–H and O–H groups in total.